The first-order chi connectivity index (χ1) is 9.25. The Hall–Kier alpha value is -2.07. The number of aromatic nitrogens is 3. The van der Waals surface area contributed by atoms with E-state index in [4.69, 9.17) is 11.6 Å². The van der Waals surface area contributed by atoms with Crippen LogP contribution in [-0.2, 0) is 6.54 Å². The fourth-order valence-electron chi connectivity index (χ4n) is 2.02. The van der Waals surface area contributed by atoms with Crippen molar-refractivity contribution in [3.63, 3.8) is 0 Å². The zero-order valence-corrected chi connectivity index (χ0v) is 11.2. The number of nitrogens with zero attached hydrogens (tertiary/aromatic N) is 2. The van der Waals surface area contributed by atoms with Gasteiger partial charge in [-0.25, -0.2) is 0 Å². The van der Waals surface area contributed by atoms with Crippen LogP contribution in [-0.4, -0.2) is 15.2 Å². The van der Waals surface area contributed by atoms with Gasteiger partial charge in [-0.1, -0.05) is 11.6 Å². The van der Waals surface area contributed by atoms with Crippen LogP contribution in [0.25, 0.3) is 10.9 Å². The second-order valence-corrected chi connectivity index (χ2v) is 4.78. The molecule has 0 aliphatic heterocycles. The van der Waals surface area contributed by atoms with Crippen molar-refractivity contribution in [1.29, 1.82) is 0 Å². The third-order valence-electron chi connectivity index (χ3n) is 3.12. The molecule has 5 heteroatoms. The highest BCUT2D eigenvalue weighted by atomic mass is 35.5. The van der Waals surface area contributed by atoms with Crippen molar-refractivity contribution in [3.8, 4) is 0 Å². The second-order valence-electron chi connectivity index (χ2n) is 4.37. The van der Waals surface area contributed by atoms with Crippen LogP contribution >= 0.6 is 11.6 Å². The van der Waals surface area contributed by atoms with E-state index in [9.17, 15) is 0 Å². The second kappa shape index (κ2) is 4.90. The third kappa shape index (κ3) is 2.27. The number of hydrogen-bond donors (Lipinski definition) is 2. The molecule has 3 rings (SSSR count). The molecule has 0 fully saturated rings. The topological polar surface area (TPSA) is 53.6 Å². The molecular weight excluding hydrogens is 260 g/mol. The molecule has 0 radical (unpaired) electrons. The number of benzene rings is 1. The van der Waals surface area contributed by atoms with Crippen LogP contribution in [0.5, 0.6) is 0 Å². The van der Waals surface area contributed by atoms with Gasteiger partial charge in [-0.2, -0.15) is 5.10 Å². The maximum atomic E-state index is 6.17. The number of hydrogen-bond acceptors (Lipinski definition) is 3. The number of nitrogens with one attached hydrogen (secondary N) is 2. The van der Waals surface area contributed by atoms with Gasteiger partial charge in [0.2, 0.25) is 0 Å². The van der Waals surface area contributed by atoms with E-state index in [0.717, 1.165) is 27.8 Å². The van der Waals surface area contributed by atoms with Gasteiger partial charge in [0.1, 0.15) is 0 Å². The summed E-state index contributed by atoms with van der Waals surface area (Å²) < 4.78 is 0. The molecule has 3 aromatic rings. The molecule has 2 N–H and O–H groups in total. The number of aromatic amines is 1. The van der Waals surface area contributed by atoms with E-state index < -0.39 is 0 Å². The molecule has 0 aliphatic rings. The fourth-order valence-corrected chi connectivity index (χ4v) is 2.24. The molecule has 4 nitrogen and oxygen atoms in total. The average Bonchev–Trinajstić information content (AvgIpc) is 2.84. The summed E-state index contributed by atoms with van der Waals surface area (Å²) in [4.78, 5) is 4.39. The summed E-state index contributed by atoms with van der Waals surface area (Å²) in [6, 6.07) is 7.69. The highest BCUT2D eigenvalue weighted by molar-refractivity contribution is 6.35. The summed E-state index contributed by atoms with van der Waals surface area (Å²) >= 11 is 6.17. The van der Waals surface area contributed by atoms with E-state index in [-0.39, 0.29) is 0 Å². The van der Waals surface area contributed by atoms with E-state index in [1.54, 1.807) is 6.20 Å². The number of halogens is 1. The smallest absolute Gasteiger partial charge is 0.0948 e. The van der Waals surface area contributed by atoms with Gasteiger partial charge < -0.3 is 5.32 Å². The van der Waals surface area contributed by atoms with Gasteiger partial charge in [-0.05, 0) is 31.2 Å². The van der Waals surface area contributed by atoms with Crippen LogP contribution in [0.3, 0.4) is 0 Å². The zero-order valence-electron chi connectivity index (χ0n) is 10.4. The summed E-state index contributed by atoms with van der Waals surface area (Å²) in [5.74, 6) is 0. The molecule has 0 atom stereocenters. The molecule has 2 heterocycles. The Labute approximate surface area is 115 Å². The highest BCUT2D eigenvalue weighted by Crippen LogP contribution is 2.28. The van der Waals surface area contributed by atoms with Crippen molar-refractivity contribution in [2.24, 2.45) is 0 Å². The molecule has 0 unspecified atom stereocenters. The van der Waals surface area contributed by atoms with E-state index in [1.165, 1.54) is 0 Å². The van der Waals surface area contributed by atoms with Crippen molar-refractivity contribution in [1.82, 2.24) is 15.2 Å². The van der Waals surface area contributed by atoms with Crippen molar-refractivity contribution in [2.75, 3.05) is 5.32 Å². The van der Waals surface area contributed by atoms with E-state index in [2.05, 4.69) is 20.5 Å². The van der Waals surface area contributed by atoms with Gasteiger partial charge in [0.05, 0.1) is 22.4 Å². The Morgan fingerprint density at radius 3 is 3.00 bits per heavy atom. The maximum Gasteiger partial charge on any atom is 0.0948 e. The number of aryl methyl sites for hydroxylation is 1. The van der Waals surface area contributed by atoms with E-state index >= 15 is 0 Å². The summed E-state index contributed by atoms with van der Waals surface area (Å²) in [5, 5.41) is 12.0. The fraction of sp³-hybridized carbons (Fsp3) is 0.143. The summed E-state index contributed by atoms with van der Waals surface area (Å²) in [6.45, 7) is 2.71. The SMILES string of the molecule is Cc1[nH]ncc1CNc1ccc(Cl)c2cccnc12. The van der Waals surface area contributed by atoms with Gasteiger partial charge >= 0.3 is 0 Å². The largest absolute Gasteiger partial charge is 0.379 e. The summed E-state index contributed by atoms with van der Waals surface area (Å²) in [7, 11) is 0. The number of fused-ring (bicyclic) bond motifs is 1. The first-order valence-corrected chi connectivity index (χ1v) is 6.39. The monoisotopic (exact) mass is 272 g/mol. The Bertz CT molecular complexity index is 720. The molecule has 0 saturated heterocycles. The quantitative estimate of drug-likeness (QED) is 0.767. The molecule has 2 aromatic heterocycles. The molecule has 0 spiro atoms. The lowest BCUT2D eigenvalue weighted by Crippen LogP contribution is -2.01. The first kappa shape index (κ1) is 12.0. The maximum absolute atomic E-state index is 6.17. The van der Waals surface area contributed by atoms with E-state index in [0.29, 0.717) is 11.6 Å². The van der Waals surface area contributed by atoms with Crippen molar-refractivity contribution >= 4 is 28.2 Å². The third-order valence-corrected chi connectivity index (χ3v) is 3.45. The number of pyridine rings is 1. The molecular formula is C14H13ClN4. The van der Waals surface area contributed by atoms with Crippen molar-refractivity contribution in [3.05, 3.63) is 52.9 Å². The summed E-state index contributed by atoms with van der Waals surface area (Å²) in [5.41, 5.74) is 4.06. The molecule has 19 heavy (non-hydrogen) atoms. The standard InChI is InChI=1S/C14H13ClN4/c1-9-10(8-18-19-9)7-17-13-5-4-12(15)11-3-2-6-16-14(11)13/h2-6,8,17H,7H2,1H3,(H,18,19). The first-order valence-electron chi connectivity index (χ1n) is 6.01. The molecule has 0 saturated carbocycles. The Kier molecular flexibility index (Phi) is 3.09. The molecule has 0 amide bonds. The molecule has 1 aromatic carbocycles. The van der Waals surface area contributed by atoms with Gasteiger partial charge in [-0.3, -0.25) is 10.1 Å². The predicted molar refractivity (Wildman–Crippen MR) is 77.4 cm³/mol. The van der Waals surface area contributed by atoms with E-state index in [1.807, 2.05) is 37.4 Å². The molecule has 0 aliphatic carbocycles. The predicted octanol–water partition coefficient (Wildman–Crippen LogP) is 3.53. The number of anilines is 1. The lowest BCUT2D eigenvalue weighted by atomic mass is 10.2. The van der Waals surface area contributed by atoms with Crippen LogP contribution in [0.1, 0.15) is 11.3 Å². The highest BCUT2D eigenvalue weighted by Gasteiger charge is 2.06. The lowest BCUT2D eigenvalue weighted by molar-refractivity contribution is 1.04. The van der Waals surface area contributed by atoms with Crippen LogP contribution in [0.15, 0.2) is 36.7 Å². The number of rotatable bonds is 3. The van der Waals surface area contributed by atoms with Crippen LogP contribution in [0, 0.1) is 6.92 Å². The van der Waals surface area contributed by atoms with Gasteiger partial charge in [0.15, 0.2) is 0 Å². The number of H-pyrrole nitrogens is 1. The molecule has 96 valence electrons. The van der Waals surface area contributed by atoms with Gasteiger partial charge in [0, 0.05) is 29.4 Å². The minimum Gasteiger partial charge on any atom is -0.379 e. The Balaban J connectivity index is 1.93. The van der Waals surface area contributed by atoms with Crippen molar-refractivity contribution in [2.45, 2.75) is 13.5 Å². The zero-order chi connectivity index (χ0) is 13.2. The lowest BCUT2D eigenvalue weighted by Gasteiger charge is -2.09. The van der Waals surface area contributed by atoms with Gasteiger partial charge in [-0.15, -0.1) is 0 Å². The van der Waals surface area contributed by atoms with Gasteiger partial charge in [0.25, 0.3) is 0 Å². The Morgan fingerprint density at radius 1 is 1.32 bits per heavy atom. The van der Waals surface area contributed by atoms with Crippen LogP contribution in [0.2, 0.25) is 5.02 Å². The van der Waals surface area contributed by atoms with Crippen LogP contribution < -0.4 is 5.32 Å². The Morgan fingerprint density at radius 2 is 2.21 bits per heavy atom. The minimum atomic E-state index is 0.704. The average molecular weight is 273 g/mol. The normalized spacial score (nSPS) is 10.8. The molecule has 0 bridgehead atoms. The van der Waals surface area contributed by atoms with Crippen LogP contribution in [0.4, 0.5) is 5.69 Å². The summed E-state index contributed by atoms with van der Waals surface area (Å²) in [6.07, 6.45) is 3.60. The minimum absolute atomic E-state index is 0.704. The van der Waals surface area contributed by atoms with Crippen molar-refractivity contribution < 1.29 is 0 Å².